The Hall–Kier alpha value is -1.26. The van der Waals surface area contributed by atoms with Crippen LogP contribution in [0.25, 0.3) is 0 Å². The van der Waals surface area contributed by atoms with Crippen molar-refractivity contribution in [1.82, 2.24) is 4.72 Å². The summed E-state index contributed by atoms with van der Waals surface area (Å²) in [5.74, 6) is -3.30. The van der Waals surface area contributed by atoms with Crippen molar-refractivity contribution >= 4 is 19.9 Å². The summed E-state index contributed by atoms with van der Waals surface area (Å²) in [6.45, 7) is -0.480. The highest BCUT2D eigenvalue weighted by atomic mass is 32.2. The summed E-state index contributed by atoms with van der Waals surface area (Å²) in [5, 5.41) is 0. The van der Waals surface area contributed by atoms with Crippen molar-refractivity contribution in [2.24, 2.45) is 0 Å². The number of sulfone groups is 1. The molecule has 10 heteroatoms. The Morgan fingerprint density at radius 2 is 1.65 bits per heavy atom. The van der Waals surface area contributed by atoms with Gasteiger partial charge in [-0.25, -0.2) is 30.3 Å². The second kappa shape index (κ2) is 6.02. The van der Waals surface area contributed by atoms with E-state index in [0.717, 1.165) is 6.26 Å². The lowest BCUT2D eigenvalue weighted by atomic mass is 10.3. The number of hydrogen-bond acceptors (Lipinski definition) is 5. The highest BCUT2D eigenvalue weighted by Crippen LogP contribution is 2.24. The van der Waals surface area contributed by atoms with Crippen LogP contribution >= 0.6 is 0 Å². The lowest BCUT2D eigenvalue weighted by molar-refractivity contribution is 0.402. The molecule has 0 saturated carbocycles. The van der Waals surface area contributed by atoms with E-state index in [0.29, 0.717) is 12.1 Å². The van der Waals surface area contributed by atoms with Crippen LogP contribution in [0, 0.1) is 11.6 Å². The molecule has 1 N–H and O–H groups in total. The highest BCUT2D eigenvalue weighted by molar-refractivity contribution is 7.91. The second-order valence-electron chi connectivity index (χ2n) is 3.95. The number of sulfonamides is 1. The van der Waals surface area contributed by atoms with E-state index < -0.39 is 48.7 Å². The van der Waals surface area contributed by atoms with Crippen LogP contribution in [-0.2, 0) is 19.9 Å². The number of halogens is 2. The predicted octanol–water partition coefficient (Wildman–Crippen LogP) is 0.296. The molecule has 0 spiro atoms. The Bertz CT molecular complexity index is 677. The molecule has 0 unspecified atom stereocenters. The molecule has 0 bridgehead atoms. The molecule has 0 fully saturated rings. The zero-order valence-electron chi connectivity index (χ0n) is 10.7. The number of ether oxygens (including phenoxy) is 1. The summed E-state index contributed by atoms with van der Waals surface area (Å²) < 4.78 is 78.8. The first-order valence-corrected chi connectivity index (χ1v) is 8.81. The van der Waals surface area contributed by atoms with Gasteiger partial charge >= 0.3 is 0 Å². The van der Waals surface area contributed by atoms with Gasteiger partial charge in [0.25, 0.3) is 0 Å². The first kappa shape index (κ1) is 16.8. The fourth-order valence-corrected chi connectivity index (χ4v) is 3.09. The van der Waals surface area contributed by atoms with Crippen molar-refractivity contribution in [1.29, 1.82) is 0 Å². The summed E-state index contributed by atoms with van der Waals surface area (Å²) in [7, 11) is -6.71. The highest BCUT2D eigenvalue weighted by Gasteiger charge is 2.25. The summed E-state index contributed by atoms with van der Waals surface area (Å²) in [5.41, 5.74) is 0. The van der Waals surface area contributed by atoms with Gasteiger partial charge in [-0.15, -0.1) is 0 Å². The van der Waals surface area contributed by atoms with E-state index in [2.05, 4.69) is 4.74 Å². The predicted molar refractivity (Wildman–Crippen MR) is 67.8 cm³/mol. The van der Waals surface area contributed by atoms with Crippen LogP contribution in [0.4, 0.5) is 8.78 Å². The van der Waals surface area contributed by atoms with E-state index in [9.17, 15) is 25.6 Å². The molecule has 0 radical (unpaired) electrons. The van der Waals surface area contributed by atoms with Crippen LogP contribution in [0.15, 0.2) is 17.0 Å². The zero-order valence-corrected chi connectivity index (χ0v) is 12.3. The van der Waals surface area contributed by atoms with Crippen LogP contribution < -0.4 is 9.46 Å². The standard InChI is InChI=1S/C10H13F2NO5S2/c1-18-7-5-8(11)10(9(12)6-7)20(16,17)13-3-4-19(2,14)15/h5-6,13H,3-4H2,1-2H3. The number of methoxy groups -OCH3 is 1. The normalized spacial score (nSPS) is 12.4. The Morgan fingerprint density at radius 3 is 2.05 bits per heavy atom. The quantitative estimate of drug-likeness (QED) is 0.810. The summed E-state index contributed by atoms with van der Waals surface area (Å²) in [6, 6.07) is 1.43. The average molecular weight is 329 g/mol. The Morgan fingerprint density at radius 1 is 1.15 bits per heavy atom. The van der Waals surface area contributed by atoms with E-state index in [-0.39, 0.29) is 5.75 Å². The molecule has 0 aliphatic rings. The minimum atomic E-state index is -4.49. The van der Waals surface area contributed by atoms with Crippen LogP contribution in [0.5, 0.6) is 5.75 Å². The number of benzene rings is 1. The van der Waals surface area contributed by atoms with Crippen molar-refractivity contribution in [3.8, 4) is 5.75 Å². The average Bonchev–Trinajstić information content (AvgIpc) is 2.25. The third-order valence-electron chi connectivity index (χ3n) is 2.24. The van der Waals surface area contributed by atoms with Crippen LogP contribution in [0.2, 0.25) is 0 Å². The Balaban J connectivity index is 3.04. The van der Waals surface area contributed by atoms with Crippen LogP contribution in [0.3, 0.4) is 0 Å². The first-order chi connectivity index (χ1) is 9.07. The molecule has 0 atom stereocenters. The van der Waals surface area contributed by atoms with Crippen molar-refractivity contribution in [2.75, 3.05) is 25.7 Å². The van der Waals surface area contributed by atoms with E-state index >= 15 is 0 Å². The fraction of sp³-hybridized carbons (Fsp3) is 0.400. The van der Waals surface area contributed by atoms with Gasteiger partial charge in [-0.05, 0) is 0 Å². The minimum absolute atomic E-state index is 0.171. The summed E-state index contributed by atoms with van der Waals surface area (Å²) >= 11 is 0. The molecule has 1 aromatic rings. The third kappa shape index (κ3) is 4.39. The Kier molecular flexibility index (Phi) is 5.05. The van der Waals surface area contributed by atoms with Gasteiger partial charge in [0.05, 0.1) is 12.9 Å². The van der Waals surface area contributed by atoms with E-state index in [4.69, 9.17) is 0 Å². The molecule has 0 aliphatic carbocycles. The van der Waals surface area contributed by atoms with E-state index in [1.165, 1.54) is 7.11 Å². The second-order valence-corrected chi connectivity index (χ2v) is 7.91. The molecular formula is C10H13F2NO5S2. The molecule has 0 amide bonds. The molecule has 0 saturated heterocycles. The number of nitrogens with one attached hydrogen (secondary N) is 1. The van der Waals surface area contributed by atoms with Gasteiger partial charge in [-0.3, -0.25) is 0 Å². The van der Waals surface area contributed by atoms with E-state index in [1.807, 2.05) is 4.72 Å². The van der Waals surface area contributed by atoms with Crippen molar-refractivity contribution in [3.05, 3.63) is 23.8 Å². The molecule has 0 aliphatic heterocycles. The molecular weight excluding hydrogens is 316 g/mol. The molecule has 114 valence electrons. The van der Waals surface area contributed by atoms with Gasteiger partial charge in [0, 0.05) is 24.9 Å². The van der Waals surface area contributed by atoms with Gasteiger partial charge < -0.3 is 4.74 Å². The lowest BCUT2D eigenvalue weighted by Crippen LogP contribution is -2.30. The maximum absolute atomic E-state index is 13.6. The van der Waals surface area contributed by atoms with Gasteiger partial charge in [0.1, 0.15) is 27.2 Å². The first-order valence-electron chi connectivity index (χ1n) is 5.27. The maximum Gasteiger partial charge on any atom is 0.246 e. The molecule has 1 rings (SSSR count). The monoisotopic (exact) mass is 329 g/mol. The Labute approximate surface area is 115 Å². The van der Waals surface area contributed by atoms with Crippen molar-refractivity contribution < 1.29 is 30.4 Å². The fourth-order valence-electron chi connectivity index (χ4n) is 1.34. The molecule has 0 heterocycles. The van der Waals surface area contributed by atoms with Gasteiger partial charge in [-0.1, -0.05) is 0 Å². The molecule has 6 nitrogen and oxygen atoms in total. The largest absolute Gasteiger partial charge is 0.497 e. The van der Waals surface area contributed by atoms with Gasteiger partial charge in [0.15, 0.2) is 4.90 Å². The SMILES string of the molecule is COc1cc(F)c(S(=O)(=O)NCCS(C)(=O)=O)c(F)c1. The molecule has 1 aromatic carbocycles. The number of rotatable bonds is 6. The number of hydrogen-bond donors (Lipinski definition) is 1. The van der Waals surface area contributed by atoms with E-state index in [1.54, 1.807) is 0 Å². The molecule has 20 heavy (non-hydrogen) atoms. The third-order valence-corrected chi connectivity index (χ3v) is 4.70. The van der Waals surface area contributed by atoms with Crippen LogP contribution in [-0.4, -0.2) is 42.5 Å². The summed E-state index contributed by atoms with van der Waals surface area (Å²) in [4.78, 5) is -1.17. The van der Waals surface area contributed by atoms with Crippen molar-refractivity contribution in [3.63, 3.8) is 0 Å². The van der Waals surface area contributed by atoms with Crippen LogP contribution in [0.1, 0.15) is 0 Å². The zero-order chi connectivity index (χ0) is 15.6. The van der Waals surface area contributed by atoms with Gasteiger partial charge in [0.2, 0.25) is 10.0 Å². The maximum atomic E-state index is 13.6. The summed E-state index contributed by atoms with van der Waals surface area (Å²) in [6.07, 6.45) is 0.913. The van der Waals surface area contributed by atoms with Crippen molar-refractivity contribution in [2.45, 2.75) is 4.90 Å². The lowest BCUT2D eigenvalue weighted by Gasteiger charge is -2.09. The smallest absolute Gasteiger partial charge is 0.246 e. The topological polar surface area (TPSA) is 89.5 Å². The molecule has 0 aromatic heterocycles. The van der Waals surface area contributed by atoms with Gasteiger partial charge in [-0.2, -0.15) is 0 Å². The minimum Gasteiger partial charge on any atom is -0.497 e.